The van der Waals surface area contributed by atoms with Gasteiger partial charge >= 0.3 is 0 Å². The zero-order chi connectivity index (χ0) is 13.5. The molecule has 0 atom stereocenters. The molecule has 1 aliphatic heterocycles. The summed E-state index contributed by atoms with van der Waals surface area (Å²) in [4.78, 5) is 13.8. The van der Waals surface area contributed by atoms with E-state index in [1.54, 1.807) is 0 Å². The molecule has 0 radical (unpaired) electrons. The fourth-order valence-corrected chi connectivity index (χ4v) is 1.87. The number of nitrogens with one attached hydrogen (secondary N) is 2. The van der Waals surface area contributed by atoms with Gasteiger partial charge in [0.2, 0.25) is 5.91 Å². The lowest BCUT2D eigenvalue weighted by Crippen LogP contribution is -2.57. The molecule has 0 unspecified atom stereocenters. The molecular weight excluding hydrogens is 278 g/mol. The van der Waals surface area contributed by atoms with E-state index in [1.165, 1.54) is 0 Å². The average Bonchev–Trinajstić information content (AvgIpc) is 2.33. The summed E-state index contributed by atoms with van der Waals surface area (Å²) >= 11 is 0. The van der Waals surface area contributed by atoms with E-state index in [0.717, 1.165) is 18.8 Å². The van der Waals surface area contributed by atoms with Gasteiger partial charge in [0, 0.05) is 19.1 Å². The third-order valence-corrected chi connectivity index (χ3v) is 3.21. The first kappa shape index (κ1) is 16.8. The van der Waals surface area contributed by atoms with E-state index in [9.17, 15) is 4.79 Å². The lowest BCUT2D eigenvalue weighted by Gasteiger charge is -2.35. The number of halogens is 1. The number of hydrogen-bond donors (Lipinski definition) is 2. The molecule has 1 heterocycles. The van der Waals surface area contributed by atoms with E-state index >= 15 is 0 Å². The van der Waals surface area contributed by atoms with Gasteiger partial charge in [-0.15, -0.1) is 12.4 Å². The molecule has 6 heteroatoms. The van der Waals surface area contributed by atoms with Crippen molar-refractivity contribution in [1.82, 2.24) is 15.5 Å². The second kappa shape index (κ2) is 8.79. The third kappa shape index (κ3) is 5.36. The van der Waals surface area contributed by atoms with Crippen LogP contribution < -0.4 is 15.4 Å². The van der Waals surface area contributed by atoms with Gasteiger partial charge in [0.1, 0.15) is 12.4 Å². The number of nitrogens with zero attached hydrogens (tertiary/aromatic N) is 1. The zero-order valence-electron chi connectivity index (χ0n) is 11.7. The predicted molar refractivity (Wildman–Crippen MR) is 81.5 cm³/mol. The first-order chi connectivity index (χ1) is 9.25. The van der Waals surface area contributed by atoms with Gasteiger partial charge in [0.25, 0.3) is 0 Å². The highest BCUT2D eigenvalue weighted by atomic mass is 35.5. The molecule has 0 aromatic heterocycles. The maximum absolute atomic E-state index is 11.7. The van der Waals surface area contributed by atoms with Gasteiger partial charge < -0.3 is 15.4 Å². The van der Waals surface area contributed by atoms with Crippen LogP contribution in [-0.2, 0) is 4.79 Å². The monoisotopic (exact) mass is 299 g/mol. The van der Waals surface area contributed by atoms with Gasteiger partial charge in [0.15, 0.2) is 0 Å². The number of hydrogen-bond acceptors (Lipinski definition) is 4. The van der Waals surface area contributed by atoms with Crippen LogP contribution in [0.25, 0.3) is 0 Å². The molecule has 5 nitrogen and oxygen atoms in total. The van der Waals surface area contributed by atoms with Crippen LogP contribution >= 0.6 is 12.4 Å². The summed E-state index contributed by atoms with van der Waals surface area (Å²) in [7, 11) is 1.98. The predicted octanol–water partition coefficient (Wildman–Crippen LogP) is 0.507. The Bertz CT molecular complexity index is 399. The Morgan fingerprint density at radius 1 is 1.40 bits per heavy atom. The Morgan fingerprint density at radius 2 is 2.10 bits per heavy atom. The fraction of sp³-hybridized carbons (Fsp3) is 0.500. The van der Waals surface area contributed by atoms with E-state index in [0.29, 0.717) is 25.7 Å². The molecule has 1 fully saturated rings. The van der Waals surface area contributed by atoms with Crippen molar-refractivity contribution in [2.24, 2.45) is 0 Å². The largest absolute Gasteiger partial charge is 0.492 e. The molecule has 0 spiro atoms. The number of likely N-dealkylation sites (N-methyl/N-ethyl adjacent to an activating group) is 1. The van der Waals surface area contributed by atoms with Crippen LogP contribution in [0, 0.1) is 0 Å². The lowest BCUT2D eigenvalue weighted by molar-refractivity contribution is -0.122. The summed E-state index contributed by atoms with van der Waals surface area (Å²) in [5.74, 6) is 0.875. The average molecular weight is 300 g/mol. The van der Waals surface area contributed by atoms with Crippen LogP contribution in [0.5, 0.6) is 5.75 Å². The van der Waals surface area contributed by atoms with Crippen LogP contribution in [-0.4, -0.2) is 56.7 Å². The molecule has 1 aromatic rings. The Kier molecular flexibility index (Phi) is 7.36. The summed E-state index contributed by atoms with van der Waals surface area (Å²) in [5, 5.41) is 6.05. The van der Waals surface area contributed by atoms with Gasteiger partial charge in [-0.05, 0) is 19.2 Å². The highest BCUT2D eigenvalue weighted by molar-refractivity contribution is 5.85. The Morgan fingerprint density at radius 3 is 2.70 bits per heavy atom. The normalized spacial score (nSPS) is 14.3. The van der Waals surface area contributed by atoms with Gasteiger partial charge in [0.05, 0.1) is 13.1 Å². The maximum atomic E-state index is 11.7. The van der Waals surface area contributed by atoms with Gasteiger partial charge in [-0.2, -0.15) is 0 Å². The zero-order valence-corrected chi connectivity index (χ0v) is 12.5. The van der Waals surface area contributed by atoms with Crippen molar-refractivity contribution in [3.8, 4) is 5.75 Å². The molecule has 0 aliphatic carbocycles. The number of benzene rings is 1. The van der Waals surface area contributed by atoms with Crippen molar-refractivity contribution in [2.75, 3.05) is 39.8 Å². The van der Waals surface area contributed by atoms with E-state index in [4.69, 9.17) is 4.74 Å². The van der Waals surface area contributed by atoms with Crippen molar-refractivity contribution in [3.63, 3.8) is 0 Å². The molecule has 2 N–H and O–H groups in total. The van der Waals surface area contributed by atoms with Crippen LogP contribution in [0.2, 0.25) is 0 Å². The molecule has 1 amide bonds. The Labute approximate surface area is 126 Å². The lowest BCUT2D eigenvalue weighted by atomic mass is 10.1. The van der Waals surface area contributed by atoms with Crippen molar-refractivity contribution in [2.45, 2.75) is 6.04 Å². The number of amides is 1. The minimum absolute atomic E-state index is 0. The molecular formula is C14H22ClN3O2. The van der Waals surface area contributed by atoms with Crippen LogP contribution in [0.15, 0.2) is 30.3 Å². The van der Waals surface area contributed by atoms with Gasteiger partial charge in [-0.3, -0.25) is 9.69 Å². The number of para-hydroxylation sites is 1. The van der Waals surface area contributed by atoms with E-state index in [-0.39, 0.29) is 18.3 Å². The molecule has 112 valence electrons. The number of carbonyl (C=O) groups excluding carboxylic acids is 1. The van der Waals surface area contributed by atoms with E-state index < -0.39 is 0 Å². The minimum Gasteiger partial charge on any atom is -0.492 e. The quantitative estimate of drug-likeness (QED) is 0.720. The van der Waals surface area contributed by atoms with Crippen molar-refractivity contribution >= 4 is 18.3 Å². The molecule has 1 aromatic carbocycles. The second-order valence-corrected chi connectivity index (χ2v) is 4.74. The van der Waals surface area contributed by atoms with Gasteiger partial charge in [-0.25, -0.2) is 0 Å². The standard InChI is InChI=1S/C14H21N3O2.ClH/c1-17(12-9-15-10-12)11-14(18)16-7-8-19-13-5-3-2-4-6-13;/h2-6,12,15H,7-11H2,1H3,(H,16,18);1H. The summed E-state index contributed by atoms with van der Waals surface area (Å²) in [6.07, 6.45) is 0. The highest BCUT2D eigenvalue weighted by Crippen LogP contribution is 2.07. The van der Waals surface area contributed by atoms with Crippen LogP contribution in [0.4, 0.5) is 0 Å². The summed E-state index contributed by atoms with van der Waals surface area (Å²) in [6.45, 7) is 3.41. The minimum atomic E-state index is 0. The molecule has 1 aliphatic rings. The second-order valence-electron chi connectivity index (χ2n) is 4.74. The van der Waals surface area contributed by atoms with Crippen molar-refractivity contribution in [3.05, 3.63) is 30.3 Å². The van der Waals surface area contributed by atoms with Gasteiger partial charge in [-0.1, -0.05) is 18.2 Å². The molecule has 1 saturated heterocycles. The number of rotatable bonds is 7. The van der Waals surface area contributed by atoms with Crippen molar-refractivity contribution < 1.29 is 9.53 Å². The van der Waals surface area contributed by atoms with E-state index in [2.05, 4.69) is 15.5 Å². The summed E-state index contributed by atoms with van der Waals surface area (Å²) in [6, 6.07) is 10.1. The molecule has 2 rings (SSSR count). The summed E-state index contributed by atoms with van der Waals surface area (Å²) in [5.41, 5.74) is 0. The fourth-order valence-electron chi connectivity index (χ4n) is 1.87. The van der Waals surface area contributed by atoms with Crippen LogP contribution in [0.1, 0.15) is 0 Å². The topological polar surface area (TPSA) is 53.6 Å². The SMILES string of the molecule is CN(CC(=O)NCCOc1ccccc1)C1CNC1.Cl. The first-order valence-corrected chi connectivity index (χ1v) is 6.61. The Hall–Kier alpha value is -1.30. The molecule has 20 heavy (non-hydrogen) atoms. The van der Waals surface area contributed by atoms with E-state index in [1.807, 2.05) is 37.4 Å². The maximum Gasteiger partial charge on any atom is 0.234 e. The summed E-state index contributed by atoms with van der Waals surface area (Å²) < 4.78 is 5.50. The highest BCUT2D eigenvalue weighted by Gasteiger charge is 2.22. The Balaban J connectivity index is 0.00000200. The smallest absolute Gasteiger partial charge is 0.234 e. The number of carbonyl (C=O) groups is 1. The molecule has 0 saturated carbocycles. The van der Waals surface area contributed by atoms with Crippen LogP contribution in [0.3, 0.4) is 0 Å². The number of ether oxygens (including phenoxy) is 1. The first-order valence-electron chi connectivity index (χ1n) is 6.61. The van der Waals surface area contributed by atoms with Crippen molar-refractivity contribution in [1.29, 1.82) is 0 Å². The third-order valence-electron chi connectivity index (χ3n) is 3.21. The molecule has 0 bridgehead atoms.